The average Bonchev–Trinajstić information content (AvgIpc) is 3.33. The van der Waals surface area contributed by atoms with Gasteiger partial charge in [0, 0.05) is 36.6 Å². The van der Waals surface area contributed by atoms with Crippen molar-refractivity contribution in [1.29, 1.82) is 0 Å². The van der Waals surface area contributed by atoms with Gasteiger partial charge in [-0.15, -0.1) is 0 Å². The Hall–Kier alpha value is -2.36. The fraction of sp³-hybridized carbons (Fsp3) is 0.654. The average molecular weight is 520 g/mol. The number of carbonyl (C=O) groups excluding carboxylic acids is 2. The summed E-state index contributed by atoms with van der Waals surface area (Å²) in [5, 5.41) is 18.7. The number of aliphatic hydroxyl groups is 1. The Morgan fingerprint density at radius 2 is 1.83 bits per heavy atom. The van der Waals surface area contributed by atoms with Crippen molar-refractivity contribution in [3.8, 4) is 0 Å². The van der Waals surface area contributed by atoms with Gasteiger partial charge in [-0.1, -0.05) is 51.4 Å². The highest BCUT2D eigenvalue weighted by molar-refractivity contribution is 6.30. The molecule has 36 heavy (non-hydrogen) atoms. The maximum Gasteiger partial charge on any atom is 0.247 e. The van der Waals surface area contributed by atoms with Crippen LogP contribution in [-0.4, -0.2) is 90.7 Å². The lowest BCUT2D eigenvalue weighted by Crippen LogP contribution is -2.61. The zero-order chi connectivity index (χ0) is 26.1. The Bertz CT molecular complexity index is 993. The summed E-state index contributed by atoms with van der Waals surface area (Å²) in [6.07, 6.45) is 0.424. The summed E-state index contributed by atoms with van der Waals surface area (Å²) in [7, 11) is 0. The first kappa shape index (κ1) is 26.7. The molecule has 1 aromatic rings. The van der Waals surface area contributed by atoms with E-state index >= 15 is 0 Å². The number of nitrogens with zero attached hydrogens (tertiary/aromatic N) is 3. The molecule has 2 amide bonds. The van der Waals surface area contributed by atoms with Crippen LogP contribution in [0, 0.1) is 11.3 Å². The predicted molar refractivity (Wildman–Crippen MR) is 139 cm³/mol. The number of nitrogens with one attached hydrogen (secondary N) is 2. The van der Waals surface area contributed by atoms with Crippen molar-refractivity contribution in [2.75, 3.05) is 45.9 Å². The van der Waals surface area contributed by atoms with Crippen LogP contribution in [0.5, 0.6) is 0 Å². The number of rotatable bonds is 5. The first-order valence-corrected chi connectivity index (χ1v) is 13.1. The molecule has 10 heteroatoms. The highest BCUT2D eigenvalue weighted by atomic mass is 35.5. The second-order valence-corrected chi connectivity index (χ2v) is 11.4. The highest BCUT2D eigenvalue weighted by Gasteiger charge is 2.50. The summed E-state index contributed by atoms with van der Waals surface area (Å²) in [6, 6.07) is 6.35. The van der Waals surface area contributed by atoms with Crippen LogP contribution in [0.2, 0.25) is 5.02 Å². The van der Waals surface area contributed by atoms with Gasteiger partial charge < -0.3 is 30.3 Å². The molecule has 0 aliphatic carbocycles. The van der Waals surface area contributed by atoms with Crippen LogP contribution < -0.4 is 10.6 Å². The zero-order valence-corrected chi connectivity index (χ0v) is 22.3. The van der Waals surface area contributed by atoms with Gasteiger partial charge in [-0.25, -0.2) is 0 Å². The number of guanidine groups is 1. The molecular weight excluding hydrogens is 482 g/mol. The van der Waals surface area contributed by atoms with Crippen molar-refractivity contribution < 1.29 is 19.4 Å². The monoisotopic (exact) mass is 519 g/mol. The molecular formula is C26H38ClN5O4. The SMILES string of the molecule is CC(C)[C@@H](NC1=NCC(C(=O)N2CCOCC2)N1)C(=O)N1CC[C@](O)(c2ccc(Cl)cc2)C(C)(C)C1. The molecule has 3 aliphatic rings. The van der Waals surface area contributed by atoms with E-state index in [1.807, 2.05) is 44.7 Å². The van der Waals surface area contributed by atoms with Gasteiger partial charge >= 0.3 is 0 Å². The fourth-order valence-corrected chi connectivity index (χ4v) is 5.42. The van der Waals surface area contributed by atoms with Gasteiger partial charge in [-0.3, -0.25) is 14.6 Å². The number of amides is 2. The summed E-state index contributed by atoms with van der Waals surface area (Å²) < 4.78 is 5.34. The lowest BCUT2D eigenvalue weighted by atomic mass is 9.66. The summed E-state index contributed by atoms with van der Waals surface area (Å²) in [5.41, 5.74) is -0.836. The van der Waals surface area contributed by atoms with E-state index in [1.165, 1.54) is 0 Å². The number of ether oxygens (including phenoxy) is 1. The Morgan fingerprint density at radius 1 is 1.17 bits per heavy atom. The van der Waals surface area contributed by atoms with Crippen LogP contribution in [0.3, 0.4) is 0 Å². The number of hydrogen-bond donors (Lipinski definition) is 3. The quantitative estimate of drug-likeness (QED) is 0.545. The summed E-state index contributed by atoms with van der Waals surface area (Å²) in [6.45, 7) is 11.4. The lowest BCUT2D eigenvalue weighted by molar-refractivity contribution is -0.155. The molecule has 1 aromatic carbocycles. The molecule has 3 N–H and O–H groups in total. The molecule has 3 heterocycles. The van der Waals surface area contributed by atoms with Crippen molar-refractivity contribution in [3.05, 3.63) is 34.9 Å². The smallest absolute Gasteiger partial charge is 0.247 e. The molecule has 4 rings (SSSR count). The summed E-state index contributed by atoms with van der Waals surface area (Å²) in [4.78, 5) is 34.6. The van der Waals surface area contributed by atoms with Crippen LogP contribution in [0.25, 0.3) is 0 Å². The van der Waals surface area contributed by atoms with E-state index in [4.69, 9.17) is 16.3 Å². The van der Waals surface area contributed by atoms with Crippen molar-refractivity contribution in [1.82, 2.24) is 20.4 Å². The van der Waals surface area contributed by atoms with Gasteiger partial charge in [0.1, 0.15) is 12.1 Å². The number of carbonyl (C=O) groups is 2. The molecule has 0 aromatic heterocycles. The molecule has 0 radical (unpaired) electrons. The van der Waals surface area contributed by atoms with E-state index in [2.05, 4.69) is 15.6 Å². The molecule has 0 spiro atoms. The van der Waals surface area contributed by atoms with Crippen molar-refractivity contribution >= 4 is 29.4 Å². The minimum atomic E-state index is -1.07. The number of aliphatic imine (C=N–C) groups is 1. The van der Waals surface area contributed by atoms with Crippen molar-refractivity contribution in [3.63, 3.8) is 0 Å². The number of benzene rings is 1. The third-order valence-corrected chi connectivity index (χ3v) is 7.92. The lowest BCUT2D eigenvalue weighted by Gasteiger charge is -2.51. The number of hydrogen-bond acceptors (Lipinski definition) is 7. The van der Waals surface area contributed by atoms with Gasteiger partial charge in [-0.05, 0) is 30.0 Å². The van der Waals surface area contributed by atoms with Crippen LogP contribution in [0.15, 0.2) is 29.3 Å². The zero-order valence-electron chi connectivity index (χ0n) is 21.6. The first-order chi connectivity index (χ1) is 17.0. The Labute approximate surface area is 218 Å². The second-order valence-electron chi connectivity index (χ2n) is 11.0. The summed E-state index contributed by atoms with van der Waals surface area (Å²) >= 11 is 6.05. The van der Waals surface area contributed by atoms with Gasteiger partial charge in [0.25, 0.3) is 0 Å². The summed E-state index contributed by atoms with van der Waals surface area (Å²) in [5.74, 6) is 0.438. The maximum absolute atomic E-state index is 13.7. The van der Waals surface area contributed by atoms with Crippen molar-refractivity contribution in [2.24, 2.45) is 16.3 Å². The molecule has 1 unspecified atom stereocenters. The van der Waals surface area contributed by atoms with Gasteiger partial charge in [0.2, 0.25) is 11.8 Å². The Kier molecular flexibility index (Phi) is 7.83. The van der Waals surface area contributed by atoms with Crippen LogP contribution in [0.4, 0.5) is 0 Å². The number of likely N-dealkylation sites (tertiary alicyclic amines) is 1. The van der Waals surface area contributed by atoms with Crippen LogP contribution in [-0.2, 0) is 19.9 Å². The normalized spacial score (nSPS) is 26.9. The minimum absolute atomic E-state index is 0.00353. The van der Waals surface area contributed by atoms with Gasteiger partial charge in [-0.2, -0.15) is 0 Å². The van der Waals surface area contributed by atoms with E-state index in [1.54, 1.807) is 17.0 Å². The largest absolute Gasteiger partial charge is 0.384 e. The second kappa shape index (κ2) is 10.6. The van der Waals surface area contributed by atoms with Gasteiger partial charge in [0.15, 0.2) is 5.96 Å². The first-order valence-electron chi connectivity index (χ1n) is 12.7. The van der Waals surface area contributed by atoms with E-state index in [0.29, 0.717) is 63.3 Å². The number of halogens is 1. The number of morpholine rings is 1. The Balaban J connectivity index is 1.40. The standard InChI is InChI=1S/C26H38ClN5O4/c1-17(2)21(30-24-28-15-20(29-24)22(33)31-11-13-36-14-12-31)23(34)32-10-9-26(35,25(3,4)16-32)18-5-7-19(27)8-6-18/h5-8,17,20-21,35H,9-16H2,1-4H3,(H2,28,29,30)/t20?,21-,26+/m1/s1. The molecule has 2 saturated heterocycles. The minimum Gasteiger partial charge on any atom is -0.384 e. The molecule has 0 saturated carbocycles. The van der Waals surface area contributed by atoms with E-state index in [9.17, 15) is 14.7 Å². The highest BCUT2D eigenvalue weighted by Crippen LogP contribution is 2.46. The molecule has 0 bridgehead atoms. The predicted octanol–water partition coefficient (Wildman–Crippen LogP) is 1.59. The fourth-order valence-electron chi connectivity index (χ4n) is 5.30. The molecule has 198 valence electrons. The maximum atomic E-state index is 13.7. The topological polar surface area (TPSA) is 106 Å². The van der Waals surface area contributed by atoms with Gasteiger partial charge in [0.05, 0.1) is 25.4 Å². The van der Waals surface area contributed by atoms with Crippen molar-refractivity contribution in [2.45, 2.75) is 51.8 Å². The third-order valence-electron chi connectivity index (χ3n) is 7.67. The van der Waals surface area contributed by atoms with E-state index < -0.39 is 23.1 Å². The Morgan fingerprint density at radius 3 is 2.44 bits per heavy atom. The molecule has 3 atom stereocenters. The third kappa shape index (κ3) is 5.33. The van der Waals surface area contributed by atoms with E-state index in [-0.39, 0.29) is 17.7 Å². The molecule has 3 aliphatic heterocycles. The van der Waals surface area contributed by atoms with E-state index in [0.717, 1.165) is 5.56 Å². The number of piperidine rings is 1. The van der Waals surface area contributed by atoms with Crippen LogP contribution >= 0.6 is 11.6 Å². The molecule has 9 nitrogen and oxygen atoms in total. The van der Waals surface area contributed by atoms with Crippen LogP contribution in [0.1, 0.15) is 39.7 Å². The molecule has 2 fully saturated rings.